The Labute approximate surface area is 101 Å². The van der Waals surface area contributed by atoms with Gasteiger partial charge < -0.3 is 0 Å². The molecule has 0 radical (unpaired) electrons. The molecule has 0 saturated carbocycles. The van der Waals surface area contributed by atoms with Crippen LogP contribution in [-0.4, -0.2) is 10.4 Å². The number of benzene rings is 1. The number of aryl methyl sites for hydroxylation is 2. The molecule has 2 aromatic rings. The average Bonchev–Trinajstić information content (AvgIpc) is 2.75. The molecular weight excluding hydrogens is 212 g/mol. The molecule has 2 rings (SSSR count). The van der Waals surface area contributed by atoms with E-state index in [2.05, 4.69) is 6.92 Å². The number of aromatic nitrogens is 2. The zero-order valence-electron chi connectivity index (χ0n) is 10.3. The summed E-state index contributed by atoms with van der Waals surface area (Å²) in [7, 11) is 1.94. The topological polar surface area (TPSA) is 25.9 Å². The maximum absolute atomic E-state index is 12.0. The van der Waals surface area contributed by atoms with E-state index in [9.17, 15) is 4.79 Å². The third-order valence-corrected chi connectivity index (χ3v) is 2.83. The highest BCUT2D eigenvalue weighted by molar-refractivity contribution is 5.95. The first kappa shape index (κ1) is 11.6. The Morgan fingerprint density at radius 1 is 1.29 bits per heavy atom. The molecule has 1 aromatic heterocycles. The van der Waals surface area contributed by atoms with Crippen LogP contribution in [0.15, 0.2) is 43.0 Å². The van der Waals surface area contributed by atoms with Crippen molar-refractivity contribution in [2.45, 2.75) is 19.9 Å². The average molecular weight is 229 g/mol. The molecule has 0 spiro atoms. The summed E-state index contributed by atoms with van der Waals surface area (Å²) < 4.78 is 3.81. The number of imidazole rings is 1. The van der Waals surface area contributed by atoms with Crippen LogP contribution in [0.5, 0.6) is 0 Å². The van der Waals surface area contributed by atoms with E-state index in [0.717, 1.165) is 12.0 Å². The molecule has 0 aliphatic carbocycles. The van der Waals surface area contributed by atoms with E-state index in [4.69, 9.17) is 0 Å². The Morgan fingerprint density at radius 3 is 2.53 bits per heavy atom. The third-order valence-electron chi connectivity index (χ3n) is 2.83. The molecule has 0 aliphatic heterocycles. The van der Waals surface area contributed by atoms with Gasteiger partial charge in [0.1, 0.15) is 12.4 Å². The lowest BCUT2D eigenvalue weighted by atomic mass is 10.1. The van der Waals surface area contributed by atoms with Crippen LogP contribution >= 0.6 is 0 Å². The van der Waals surface area contributed by atoms with E-state index in [1.807, 2.05) is 59.2 Å². The summed E-state index contributed by atoms with van der Waals surface area (Å²) in [6, 6.07) is 7.85. The van der Waals surface area contributed by atoms with Gasteiger partial charge in [0.25, 0.3) is 0 Å². The summed E-state index contributed by atoms with van der Waals surface area (Å²) in [6.07, 6.45) is 6.73. The van der Waals surface area contributed by atoms with Gasteiger partial charge in [0.05, 0.1) is 7.05 Å². The number of hydrogen-bond acceptors (Lipinski definition) is 1. The Kier molecular flexibility index (Phi) is 3.38. The summed E-state index contributed by atoms with van der Waals surface area (Å²) in [6.45, 7) is 2.50. The van der Waals surface area contributed by atoms with Crippen LogP contribution in [0.25, 0.3) is 0 Å². The van der Waals surface area contributed by atoms with E-state index in [1.54, 1.807) is 0 Å². The van der Waals surface area contributed by atoms with Crippen molar-refractivity contribution < 1.29 is 9.36 Å². The molecule has 0 amide bonds. The minimum Gasteiger partial charge on any atom is -0.290 e. The molecule has 0 saturated heterocycles. The van der Waals surface area contributed by atoms with E-state index < -0.39 is 0 Å². The van der Waals surface area contributed by atoms with Crippen LogP contribution < -0.4 is 4.57 Å². The number of carbonyl (C=O) groups is 1. The lowest BCUT2D eigenvalue weighted by Gasteiger charge is -2.00. The second-order valence-electron chi connectivity index (χ2n) is 4.23. The minimum atomic E-state index is 0.142. The molecule has 0 bridgehead atoms. The first-order valence-corrected chi connectivity index (χ1v) is 5.82. The fourth-order valence-corrected chi connectivity index (χ4v) is 1.78. The highest BCUT2D eigenvalue weighted by Crippen LogP contribution is 2.05. The normalized spacial score (nSPS) is 10.5. The minimum absolute atomic E-state index is 0.142. The van der Waals surface area contributed by atoms with Crippen LogP contribution in [0.2, 0.25) is 0 Å². The Bertz CT molecular complexity index is 511. The Balaban J connectivity index is 2.09. The third kappa shape index (κ3) is 2.81. The fraction of sp³-hybridized carbons (Fsp3) is 0.286. The van der Waals surface area contributed by atoms with Crippen LogP contribution in [0.4, 0.5) is 0 Å². The summed E-state index contributed by atoms with van der Waals surface area (Å²) >= 11 is 0. The maximum atomic E-state index is 12.0. The van der Waals surface area contributed by atoms with Gasteiger partial charge in [-0.25, -0.2) is 9.13 Å². The predicted molar refractivity (Wildman–Crippen MR) is 65.8 cm³/mol. The lowest BCUT2D eigenvalue weighted by Crippen LogP contribution is -2.35. The molecule has 88 valence electrons. The molecule has 3 heteroatoms. The maximum Gasteiger partial charge on any atom is 0.243 e. The van der Waals surface area contributed by atoms with Crippen molar-refractivity contribution in [1.29, 1.82) is 0 Å². The molecule has 1 aromatic carbocycles. The highest BCUT2D eigenvalue weighted by Gasteiger charge is 2.10. The molecule has 0 aliphatic rings. The van der Waals surface area contributed by atoms with Gasteiger partial charge in [-0.05, 0) is 12.0 Å². The second kappa shape index (κ2) is 4.95. The number of Topliss-reactive ketones (excluding diaryl/α,β-unsaturated/α-hetero) is 1. The van der Waals surface area contributed by atoms with Gasteiger partial charge in [-0.15, -0.1) is 0 Å². The predicted octanol–water partition coefficient (Wildman–Crippen LogP) is 1.76. The summed E-state index contributed by atoms with van der Waals surface area (Å²) in [5, 5.41) is 0. The quantitative estimate of drug-likeness (QED) is 0.579. The monoisotopic (exact) mass is 229 g/mol. The molecule has 1 heterocycles. The number of nitrogens with zero attached hydrogens (tertiary/aromatic N) is 2. The molecule has 17 heavy (non-hydrogen) atoms. The standard InChI is InChI=1S/C14H17N2O/c1-3-12-4-6-13(7-5-12)14(17)10-16-9-8-15(2)11-16/h4-9,11H,3,10H2,1-2H3/q+1. The van der Waals surface area contributed by atoms with Crippen molar-refractivity contribution in [3.8, 4) is 0 Å². The molecule has 0 atom stereocenters. The van der Waals surface area contributed by atoms with E-state index in [1.165, 1.54) is 5.56 Å². The van der Waals surface area contributed by atoms with Crippen molar-refractivity contribution in [2.24, 2.45) is 7.05 Å². The van der Waals surface area contributed by atoms with Crippen LogP contribution in [0.3, 0.4) is 0 Å². The van der Waals surface area contributed by atoms with Crippen molar-refractivity contribution in [3.63, 3.8) is 0 Å². The number of hydrogen-bond donors (Lipinski definition) is 0. The molecule has 0 N–H and O–H groups in total. The highest BCUT2D eigenvalue weighted by atomic mass is 16.1. The van der Waals surface area contributed by atoms with Crippen LogP contribution in [-0.2, 0) is 20.0 Å². The first-order valence-electron chi connectivity index (χ1n) is 5.82. The Morgan fingerprint density at radius 2 is 2.00 bits per heavy atom. The van der Waals surface area contributed by atoms with Gasteiger partial charge in [0.15, 0.2) is 6.54 Å². The second-order valence-corrected chi connectivity index (χ2v) is 4.23. The van der Waals surface area contributed by atoms with Crippen LogP contribution in [0.1, 0.15) is 22.8 Å². The van der Waals surface area contributed by atoms with Gasteiger partial charge in [-0.3, -0.25) is 4.79 Å². The van der Waals surface area contributed by atoms with Gasteiger partial charge >= 0.3 is 0 Å². The number of rotatable bonds is 4. The summed E-state index contributed by atoms with van der Waals surface area (Å²) in [4.78, 5) is 12.0. The fourth-order valence-electron chi connectivity index (χ4n) is 1.78. The lowest BCUT2D eigenvalue weighted by molar-refractivity contribution is -0.682. The van der Waals surface area contributed by atoms with Gasteiger partial charge in [0.2, 0.25) is 12.1 Å². The van der Waals surface area contributed by atoms with Crippen molar-refractivity contribution in [3.05, 3.63) is 54.1 Å². The molecule has 0 unspecified atom stereocenters. The van der Waals surface area contributed by atoms with E-state index in [-0.39, 0.29) is 5.78 Å². The van der Waals surface area contributed by atoms with E-state index in [0.29, 0.717) is 6.54 Å². The molecular formula is C14H17N2O+. The first-order chi connectivity index (χ1) is 8.19. The van der Waals surface area contributed by atoms with Crippen molar-refractivity contribution in [1.82, 2.24) is 4.57 Å². The van der Waals surface area contributed by atoms with Crippen molar-refractivity contribution in [2.75, 3.05) is 0 Å². The Hall–Kier alpha value is -1.90. The van der Waals surface area contributed by atoms with E-state index >= 15 is 0 Å². The van der Waals surface area contributed by atoms with Gasteiger partial charge in [-0.1, -0.05) is 31.2 Å². The van der Waals surface area contributed by atoms with Gasteiger partial charge in [0, 0.05) is 5.56 Å². The molecule has 3 nitrogen and oxygen atoms in total. The van der Waals surface area contributed by atoms with Crippen LogP contribution in [0, 0.1) is 0 Å². The van der Waals surface area contributed by atoms with Crippen molar-refractivity contribution >= 4 is 5.78 Å². The number of ketones is 1. The smallest absolute Gasteiger partial charge is 0.243 e. The zero-order valence-corrected chi connectivity index (χ0v) is 10.3. The zero-order chi connectivity index (χ0) is 12.3. The van der Waals surface area contributed by atoms with Gasteiger partial charge in [-0.2, -0.15) is 0 Å². The molecule has 0 fully saturated rings. The largest absolute Gasteiger partial charge is 0.290 e. The SMILES string of the molecule is CCc1ccc(C(=O)C[n+]2ccn(C)c2)cc1. The summed E-state index contributed by atoms with van der Waals surface area (Å²) in [5.74, 6) is 0.142. The number of carbonyl (C=O) groups excluding carboxylic acids is 1. The summed E-state index contributed by atoms with van der Waals surface area (Å²) in [5.41, 5.74) is 2.03.